The first-order valence-corrected chi connectivity index (χ1v) is 4.34. The molecule has 3 nitrogen and oxygen atoms in total. The summed E-state index contributed by atoms with van der Waals surface area (Å²) in [7, 11) is 0. The van der Waals surface area contributed by atoms with E-state index in [1.165, 1.54) is 0 Å². The van der Waals surface area contributed by atoms with Gasteiger partial charge in [-0.15, -0.1) is 0 Å². The minimum Gasteiger partial charge on any atom is -0.505 e. The van der Waals surface area contributed by atoms with Crippen molar-refractivity contribution in [2.45, 2.75) is 19.9 Å². The zero-order valence-electron chi connectivity index (χ0n) is 8.21. The van der Waals surface area contributed by atoms with Crippen LogP contribution >= 0.6 is 0 Å². The Balaban J connectivity index is 3.33. The Labute approximate surface area is 82.0 Å². The predicted octanol–water partition coefficient (Wildman–Crippen LogP) is 1.14. The average molecular weight is 199 g/mol. The number of hydrogen-bond donors (Lipinski definition) is 3. The minimum absolute atomic E-state index is 0.231. The van der Waals surface area contributed by atoms with E-state index in [0.29, 0.717) is 16.7 Å². The summed E-state index contributed by atoms with van der Waals surface area (Å²) in [6.45, 7) is 2.89. The maximum atomic E-state index is 13.2. The standard InChI is InChI=1S/C10H14FNO2/c1-5-3-7(8(12)4-13)6(2)10(14)9(5)11/h3,8,13-14H,4,12H2,1-2H3. The SMILES string of the molecule is Cc1cc(C(N)CO)c(C)c(O)c1F. The Morgan fingerprint density at radius 1 is 1.50 bits per heavy atom. The lowest BCUT2D eigenvalue weighted by molar-refractivity contribution is 0.267. The van der Waals surface area contributed by atoms with Gasteiger partial charge >= 0.3 is 0 Å². The Morgan fingerprint density at radius 3 is 2.57 bits per heavy atom. The lowest BCUT2D eigenvalue weighted by Crippen LogP contribution is -2.16. The van der Waals surface area contributed by atoms with Crippen LogP contribution in [-0.2, 0) is 0 Å². The molecule has 1 atom stereocenters. The van der Waals surface area contributed by atoms with E-state index in [-0.39, 0.29) is 12.4 Å². The number of benzene rings is 1. The molecule has 0 aromatic heterocycles. The van der Waals surface area contributed by atoms with Crippen LogP contribution in [0.2, 0.25) is 0 Å². The molecular formula is C10H14FNO2. The van der Waals surface area contributed by atoms with Gasteiger partial charge in [0.1, 0.15) is 0 Å². The molecular weight excluding hydrogens is 185 g/mol. The number of phenols is 1. The van der Waals surface area contributed by atoms with Gasteiger partial charge in [-0.1, -0.05) is 6.07 Å². The number of rotatable bonds is 2. The molecule has 0 aliphatic rings. The number of aromatic hydroxyl groups is 1. The molecule has 0 fully saturated rings. The molecule has 1 aromatic rings. The fourth-order valence-corrected chi connectivity index (χ4v) is 1.38. The molecule has 4 heteroatoms. The first kappa shape index (κ1) is 10.9. The lowest BCUT2D eigenvalue weighted by atomic mass is 9.98. The van der Waals surface area contributed by atoms with Crippen LogP contribution in [0.1, 0.15) is 22.7 Å². The van der Waals surface area contributed by atoms with Gasteiger partial charge in [-0.05, 0) is 30.5 Å². The molecule has 14 heavy (non-hydrogen) atoms. The first-order valence-electron chi connectivity index (χ1n) is 4.34. The Hall–Kier alpha value is -1.13. The van der Waals surface area contributed by atoms with Gasteiger partial charge < -0.3 is 15.9 Å². The highest BCUT2D eigenvalue weighted by molar-refractivity contribution is 5.44. The van der Waals surface area contributed by atoms with Gasteiger partial charge in [0, 0.05) is 0 Å². The van der Waals surface area contributed by atoms with Crippen LogP contribution in [0.4, 0.5) is 4.39 Å². The highest BCUT2D eigenvalue weighted by Crippen LogP contribution is 2.29. The number of aryl methyl sites for hydroxylation is 1. The number of phenolic OH excluding ortho intramolecular Hbond substituents is 1. The fraction of sp³-hybridized carbons (Fsp3) is 0.400. The average Bonchev–Trinajstić information content (AvgIpc) is 2.19. The van der Waals surface area contributed by atoms with Crippen LogP contribution < -0.4 is 5.73 Å². The van der Waals surface area contributed by atoms with E-state index < -0.39 is 11.9 Å². The topological polar surface area (TPSA) is 66.5 Å². The van der Waals surface area contributed by atoms with Gasteiger partial charge in [-0.25, -0.2) is 4.39 Å². The summed E-state index contributed by atoms with van der Waals surface area (Å²) >= 11 is 0. The molecule has 0 saturated heterocycles. The zero-order chi connectivity index (χ0) is 10.9. The van der Waals surface area contributed by atoms with Gasteiger partial charge in [0.25, 0.3) is 0 Å². The predicted molar refractivity (Wildman–Crippen MR) is 51.6 cm³/mol. The Morgan fingerprint density at radius 2 is 2.07 bits per heavy atom. The van der Waals surface area contributed by atoms with E-state index in [4.69, 9.17) is 10.8 Å². The van der Waals surface area contributed by atoms with Crippen LogP contribution in [0.25, 0.3) is 0 Å². The number of halogens is 1. The van der Waals surface area contributed by atoms with Gasteiger partial charge in [-0.3, -0.25) is 0 Å². The molecule has 0 radical (unpaired) electrons. The first-order chi connectivity index (χ1) is 6.49. The molecule has 1 aromatic carbocycles. The molecule has 1 unspecified atom stereocenters. The van der Waals surface area contributed by atoms with Crippen molar-refractivity contribution in [2.75, 3.05) is 6.61 Å². The van der Waals surface area contributed by atoms with Crippen molar-refractivity contribution < 1.29 is 14.6 Å². The van der Waals surface area contributed by atoms with E-state index in [1.54, 1.807) is 19.9 Å². The molecule has 1 rings (SSSR count). The third-order valence-electron chi connectivity index (χ3n) is 2.31. The summed E-state index contributed by atoms with van der Waals surface area (Å²) in [5.74, 6) is -1.01. The Bertz CT molecular complexity index is 352. The minimum atomic E-state index is -0.628. The second kappa shape index (κ2) is 3.94. The number of aliphatic hydroxyl groups is 1. The van der Waals surface area contributed by atoms with Crippen LogP contribution in [-0.4, -0.2) is 16.8 Å². The van der Waals surface area contributed by atoms with Gasteiger partial charge in [0.15, 0.2) is 11.6 Å². The van der Waals surface area contributed by atoms with E-state index in [0.717, 1.165) is 0 Å². The molecule has 0 heterocycles. The summed E-state index contributed by atoms with van der Waals surface area (Å²) in [6, 6.07) is 0.964. The summed E-state index contributed by atoms with van der Waals surface area (Å²) in [5.41, 5.74) is 6.88. The molecule has 0 aliphatic heterocycles. The van der Waals surface area contributed by atoms with Crippen molar-refractivity contribution in [3.05, 3.63) is 28.6 Å². The third kappa shape index (κ3) is 1.71. The highest BCUT2D eigenvalue weighted by Gasteiger charge is 2.16. The normalized spacial score (nSPS) is 12.9. The van der Waals surface area contributed by atoms with Crippen LogP contribution in [0.5, 0.6) is 5.75 Å². The molecule has 0 saturated carbocycles. The summed E-state index contributed by atoms with van der Waals surface area (Å²) < 4.78 is 13.2. The van der Waals surface area contributed by atoms with Crippen molar-refractivity contribution in [1.29, 1.82) is 0 Å². The largest absolute Gasteiger partial charge is 0.505 e. The third-order valence-corrected chi connectivity index (χ3v) is 2.31. The molecule has 4 N–H and O–H groups in total. The van der Waals surface area contributed by atoms with Gasteiger partial charge in [0.05, 0.1) is 12.6 Å². The maximum absolute atomic E-state index is 13.2. The van der Waals surface area contributed by atoms with Crippen molar-refractivity contribution in [2.24, 2.45) is 5.73 Å². The van der Waals surface area contributed by atoms with E-state index in [1.807, 2.05) is 0 Å². The second-order valence-corrected chi connectivity index (χ2v) is 3.36. The van der Waals surface area contributed by atoms with E-state index in [2.05, 4.69) is 0 Å². The van der Waals surface area contributed by atoms with Crippen molar-refractivity contribution in [1.82, 2.24) is 0 Å². The highest BCUT2D eigenvalue weighted by atomic mass is 19.1. The summed E-state index contributed by atoms with van der Waals surface area (Å²) in [6.07, 6.45) is 0. The smallest absolute Gasteiger partial charge is 0.167 e. The van der Waals surface area contributed by atoms with Crippen LogP contribution in [0, 0.1) is 19.7 Å². The van der Waals surface area contributed by atoms with Crippen molar-refractivity contribution in [3.8, 4) is 5.75 Å². The van der Waals surface area contributed by atoms with Crippen molar-refractivity contribution >= 4 is 0 Å². The monoisotopic (exact) mass is 199 g/mol. The van der Waals surface area contributed by atoms with E-state index >= 15 is 0 Å². The zero-order valence-corrected chi connectivity index (χ0v) is 8.21. The molecule has 0 aliphatic carbocycles. The molecule has 78 valence electrons. The van der Waals surface area contributed by atoms with Gasteiger partial charge in [0.2, 0.25) is 0 Å². The van der Waals surface area contributed by atoms with Crippen LogP contribution in [0.15, 0.2) is 6.07 Å². The molecule has 0 amide bonds. The van der Waals surface area contributed by atoms with Crippen LogP contribution in [0.3, 0.4) is 0 Å². The molecule has 0 spiro atoms. The fourth-order valence-electron chi connectivity index (χ4n) is 1.38. The molecule has 0 bridgehead atoms. The number of aliphatic hydroxyl groups excluding tert-OH is 1. The van der Waals surface area contributed by atoms with Gasteiger partial charge in [-0.2, -0.15) is 0 Å². The Kier molecular flexibility index (Phi) is 3.08. The number of hydrogen-bond acceptors (Lipinski definition) is 3. The second-order valence-electron chi connectivity index (χ2n) is 3.36. The quantitative estimate of drug-likeness (QED) is 0.669. The van der Waals surface area contributed by atoms with E-state index in [9.17, 15) is 9.50 Å². The van der Waals surface area contributed by atoms with Crippen molar-refractivity contribution in [3.63, 3.8) is 0 Å². The lowest BCUT2D eigenvalue weighted by Gasteiger charge is -2.15. The summed E-state index contributed by atoms with van der Waals surface area (Å²) in [5, 5.41) is 18.3. The summed E-state index contributed by atoms with van der Waals surface area (Å²) in [4.78, 5) is 0. The number of nitrogens with two attached hydrogens (primary N) is 1. The maximum Gasteiger partial charge on any atom is 0.167 e.